The number of carbonyl (C=O) groups is 1. The van der Waals surface area contributed by atoms with Crippen molar-refractivity contribution in [2.24, 2.45) is 0 Å². The van der Waals surface area contributed by atoms with Crippen LogP contribution in [0.2, 0.25) is 0 Å². The lowest BCUT2D eigenvalue weighted by molar-refractivity contribution is -0.113. The first-order valence-corrected chi connectivity index (χ1v) is 14.3. The standard InChI is InChI=1S/C27H31N7O4S/c1-15-10-16(4-5-28-15)26-30-21(14-38-26)25(36)29-20-13-22-23(32-27(39-22)33-6-8-37-9-7-33)31-24(20)34-17-2-3-18(34)12-19(35)11-17/h4-5,10,13-14,17-19,26,30,35H,2-3,6-9,11-12H2,1H3,(H,29,36). The summed E-state index contributed by atoms with van der Waals surface area (Å²) in [5.41, 5.74) is 3.44. The predicted molar refractivity (Wildman–Crippen MR) is 148 cm³/mol. The fourth-order valence-corrected chi connectivity index (χ4v) is 7.06. The predicted octanol–water partition coefficient (Wildman–Crippen LogP) is 2.82. The number of aliphatic hydroxyl groups excluding tert-OH is 1. The second kappa shape index (κ2) is 9.92. The van der Waals surface area contributed by atoms with Gasteiger partial charge in [0.05, 0.1) is 29.7 Å². The summed E-state index contributed by atoms with van der Waals surface area (Å²) in [6.45, 7) is 4.87. The van der Waals surface area contributed by atoms with Crippen molar-refractivity contribution in [1.29, 1.82) is 0 Å². The van der Waals surface area contributed by atoms with E-state index in [9.17, 15) is 9.90 Å². The smallest absolute Gasteiger partial charge is 0.275 e. The number of anilines is 3. The first kappa shape index (κ1) is 24.6. The Morgan fingerprint density at radius 2 is 1.97 bits per heavy atom. The second-order valence-electron chi connectivity index (χ2n) is 10.6. The van der Waals surface area contributed by atoms with E-state index in [4.69, 9.17) is 19.4 Å². The molecule has 12 heteroatoms. The van der Waals surface area contributed by atoms with Gasteiger partial charge in [-0.15, -0.1) is 0 Å². The maximum Gasteiger partial charge on any atom is 0.275 e. The van der Waals surface area contributed by atoms with Crippen LogP contribution in [0.15, 0.2) is 36.4 Å². The van der Waals surface area contributed by atoms with Gasteiger partial charge in [-0.3, -0.25) is 9.78 Å². The van der Waals surface area contributed by atoms with E-state index in [1.165, 1.54) is 6.26 Å². The molecule has 2 bridgehead atoms. The second-order valence-corrected chi connectivity index (χ2v) is 11.6. The summed E-state index contributed by atoms with van der Waals surface area (Å²) in [6.07, 6.45) is 5.84. The number of hydrogen-bond donors (Lipinski definition) is 3. The average molecular weight is 550 g/mol. The fraction of sp³-hybridized carbons (Fsp3) is 0.481. The number of pyridine rings is 2. The zero-order valence-electron chi connectivity index (χ0n) is 21.7. The molecule has 3 unspecified atom stereocenters. The number of piperidine rings is 1. The summed E-state index contributed by atoms with van der Waals surface area (Å²) >= 11 is 1.58. The van der Waals surface area contributed by atoms with Gasteiger partial charge < -0.3 is 35.0 Å². The lowest BCUT2D eigenvalue weighted by Crippen LogP contribution is -2.45. The Bertz CT molecular complexity index is 1420. The summed E-state index contributed by atoms with van der Waals surface area (Å²) in [7, 11) is 0. The summed E-state index contributed by atoms with van der Waals surface area (Å²) in [4.78, 5) is 32.1. The molecule has 0 radical (unpaired) electrons. The lowest BCUT2D eigenvalue weighted by Gasteiger charge is -2.38. The van der Waals surface area contributed by atoms with Crippen molar-refractivity contribution in [2.45, 2.75) is 57.0 Å². The molecule has 3 N–H and O–H groups in total. The fourth-order valence-electron chi connectivity index (χ4n) is 6.06. The molecule has 3 fully saturated rings. The van der Waals surface area contributed by atoms with E-state index in [0.29, 0.717) is 43.1 Å². The minimum absolute atomic E-state index is 0.183. The molecule has 0 aromatic carbocycles. The van der Waals surface area contributed by atoms with Crippen LogP contribution in [0.4, 0.5) is 16.6 Å². The normalized spacial score (nSPS) is 26.4. The van der Waals surface area contributed by atoms with Crippen LogP contribution >= 0.6 is 11.3 Å². The number of ether oxygens (including phenoxy) is 2. The van der Waals surface area contributed by atoms with Gasteiger partial charge in [0.15, 0.2) is 22.8 Å². The van der Waals surface area contributed by atoms with E-state index in [2.05, 4.69) is 25.4 Å². The maximum absolute atomic E-state index is 13.5. The van der Waals surface area contributed by atoms with Gasteiger partial charge in [0.1, 0.15) is 12.0 Å². The number of aliphatic hydroxyl groups is 1. The van der Waals surface area contributed by atoms with Gasteiger partial charge in [0, 0.05) is 42.6 Å². The van der Waals surface area contributed by atoms with Gasteiger partial charge in [-0.1, -0.05) is 11.3 Å². The molecule has 7 rings (SSSR count). The molecule has 3 saturated heterocycles. The molecule has 11 nitrogen and oxygen atoms in total. The highest BCUT2D eigenvalue weighted by Gasteiger charge is 2.42. The van der Waals surface area contributed by atoms with Gasteiger partial charge >= 0.3 is 0 Å². The van der Waals surface area contributed by atoms with Crippen molar-refractivity contribution >= 4 is 44.2 Å². The van der Waals surface area contributed by atoms with Crippen molar-refractivity contribution in [1.82, 2.24) is 20.3 Å². The molecule has 39 heavy (non-hydrogen) atoms. The summed E-state index contributed by atoms with van der Waals surface area (Å²) in [6, 6.07) is 6.15. The Morgan fingerprint density at radius 3 is 2.74 bits per heavy atom. The molecule has 3 aromatic rings. The van der Waals surface area contributed by atoms with Gasteiger partial charge in [-0.2, -0.15) is 4.98 Å². The molecule has 4 aliphatic heterocycles. The number of morpholine rings is 1. The van der Waals surface area contributed by atoms with Crippen molar-refractivity contribution in [3.63, 3.8) is 0 Å². The van der Waals surface area contributed by atoms with Crippen LogP contribution in [0, 0.1) is 6.92 Å². The third kappa shape index (κ3) is 4.66. The number of aromatic nitrogens is 3. The van der Waals surface area contributed by atoms with E-state index >= 15 is 0 Å². The molecular weight excluding hydrogens is 518 g/mol. The van der Waals surface area contributed by atoms with E-state index in [1.54, 1.807) is 17.5 Å². The Kier molecular flexibility index (Phi) is 6.25. The molecule has 7 heterocycles. The molecule has 204 valence electrons. The topological polar surface area (TPSA) is 125 Å². The van der Waals surface area contributed by atoms with Crippen LogP contribution in [0.1, 0.15) is 43.2 Å². The largest absolute Gasteiger partial charge is 0.472 e. The molecule has 0 spiro atoms. The van der Waals surface area contributed by atoms with E-state index in [-0.39, 0.29) is 24.1 Å². The Balaban J connectivity index is 1.19. The number of rotatable bonds is 5. The summed E-state index contributed by atoms with van der Waals surface area (Å²) < 4.78 is 12.2. The number of nitrogens with one attached hydrogen (secondary N) is 2. The van der Waals surface area contributed by atoms with Crippen LogP contribution < -0.4 is 20.4 Å². The highest BCUT2D eigenvalue weighted by molar-refractivity contribution is 7.22. The van der Waals surface area contributed by atoms with Crippen molar-refractivity contribution < 1.29 is 19.4 Å². The third-order valence-corrected chi connectivity index (χ3v) is 8.96. The van der Waals surface area contributed by atoms with Crippen molar-refractivity contribution in [3.8, 4) is 0 Å². The van der Waals surface area contributed by atoms with Crippen molar-refractivity contribution in [3.05, 3.63) is 47.6 Å². The number of nitrogens with zero attached hydrogens (tertiary/aromatic N) is 5. The Labute approximate surface area is 229 Å². The number of hydrogen-bond acceptors (Lipinski definition) is 11. The number of aryl methyl sites for hydroxylation is 1. The van der Waals surface area contributed by atoms with Gasteiger partial charge in [0.2, 0.25) is 0 Å². The Morgan fingerprint density at radius 1 is 1.18 bits per heavy atom. The monoisotopic (exact) mass is 549 g/mol. The summed E-state index contributed by atoms with van der Waals surface area (Å²) in [5.74, 6) is 0.419. The molecule has 3 atom stereocenters. The molecular formula is C27H31N7O4S. The molecule has 0 aliphatic carbocycles. The highest BCUT2D eigenvalue weighted by atomic mass is 32.1. The number of thiazole rings is 1. The van der Waals surface area contributed by atoms with E-state index in [0.717, 1.165) is 52.8 Å². The van der Waals surface area contributed by atoms with Crippen molar-refractivity contribution in [2.75, 3.05) is 41.4 Å². The van der Waals surface area contributed by atoms with Crippen LogP contribution in [-0.4, -0.2) is 70.5 Å². The van der Waals surface area contributed by atoms with Gasteiger partial charge in [-0.25, -0.2) is 4.98 Å². The first-order valence-electron chi connectivity index (χ1n) is 13.5. The van der Waals surface area contributed by atoms with Crippen LogP contribution in [0.5, 0.6) is 0 Å². The molecule has 1 amide bonds. The maximum atomic E-state index is 13.5. The SMILES string of the molecule is Cc1cc(C2NC(C(=O)Nc3cc4sc(N5CCOCC5)nc4nc3N3C4CCC3CC(O)C4)=CO2)ccn1. The summed E-state index contributed by atoms with van der Waals surface area (Å²) in [5, 5.41) is 17.6. The van der Waals surface area contributed by atoms with E-state index < -0.39 is 6.23 Å². The number of fused-ring (bicyclic) bond motifs is 3. The average Bonchev–Trinajstić information content (AvgIpc) is 3.65. The van der Waals surface area contributed by atoms with Gasteiger partial charge in [0.25, 0.3) is 5.91 Å². The van der Waals surface area contributed by atoms with Crippen LogP contribution in [-0.2, 0) is 14.3 Å². The number of carbonyl (C=O) groups excluding carboxylic acids is 1. The van der Waals surface area contributed by atoms with Crippen LogP contribution in [0.3, 0.4) is 0 Å². The highest BCUT2D eigenvalue weighted by Crippen LogP contribution is 2.43. The number of amides is 1. The first-order chi connectivity index (χ1) is 19.0. The molecule has 0 saturated carbocycles. The molecule has 3 aromatic heterocycles. The zero-order chi connectivity index (χ0) is 26.5. The third-order valence-electron chi connectivity index (χ3n) is 7.91. The van der Waals surface area contributed by atoms with Gasteiger partial charge in [-0.05, 0) is 50.8 Å². The van der Waals surface area contributed by atoms with E-state index in [1.807, 2.05) is 25.1 Å². The quantitative estimate of drug-likeness (QED) is 0.438. The van der Waals surface area contributed by atoms with Crippen LogP contribution in [0.25, 0.3) is 10.3 Å². The molecule has 4 aliphatic rings. The lowest BCUT2D eigenvalue weighted by atomic mass is 9.99. The Hall–Kier alpha value is -3.48. The minimum Gasteiger partial charge on any atom is -0.472 e. The minimum atomic E-state index is -0.454. The zero-order valence-corrected chi connectivity index (χ0v) is 22.5.